The van der Waals surface area contributed by atoms with Crippen molar-refractivity contribution >= 4 is 66.7 Å². The normalized spacial score (nSPS) is 16.6. The summed E-state index contributed by atoms with van der Waals surface area (Å²) in [4.78, 5) is 57.5. The summed E-state index contributed by atoms with van der Waals surface area (Å²) >= 11 is 0. The lowest BCUT2D eigenvalue weighted by Gasteiger charge is -2.35. The Bertz CT molecular complexity index is 2170. The molecule has 2 atom stereocenters. The van der Waals surface area contributed by atoms with E-state index < -0.39 is 86.5 Å². The van der Waals surface area contributed by atoms with Gasteiger partial charge in [-0.05, 0) is 67.1 Å². The number of carbonyl (C=O) groups excluding carboxylic acids is 4. The number of halogens is 6. The molecule has 50 heavy (non-hydrogen) atoms. The van der Waals surface area contributed by atoms with E-state index in [9.17, 15) is 19.2 Å². The number of fused-ring (bicyclic) bond motifs is 2. The fraction of sp³-hybridized carbons (Fsp3) is 0.368. The average Bonchev–Trinajstić information content (AvgIpc) is 3.05. The van der Waals surface area contributed by atoms with Crippen molar-refractivity contribution in [3.05, 3.63) is 69.8 Å². The van der Waals surface area contributed by atoms with Crippen LogP contribution in [0.25, 0.3) is 43.1 Å². The fourth-order valence-corrected chi connectivity index (χ4v) is 8.01. The Balaban J connectivity index is 1.66. The molecule has 0 aliphatic carbocycles. The van der Waals surface area contributed by atoms with Gasteiger partial charge in [0.2, 0.25) is 0 Å². The van der Waals surface area contributed by atoms with Crippen LogP contribution in [0, 0.1) is 0 Å². The highest BCUT2D eigenvalue weighted by Crippen LogP contribution is 2.53. The topological polar surface area (TPSA) is 74.8 Å². The molecule has 5 aromatic carbocycles. The third-order valence-electron chi connectivity index (χ3n) is 10.3. The molecule has 0 bridgehead atoms. The molecule has 2 aliphatic rings. The van der Waals surface area contributed by atoms with E-state index in [4.69, 9.17) is 0 Å². The van der Waals surface area contributed by atoms with Crippen LogP contribution in [-0.4, -0.2) is 45.5 Å². The second kappa shape index (κ2) is 11.4. The van der Waals surface area contributed by atoms with Crippen molar-refractivity contribution in [2.45, 2.75) is 90.7 Å². The Morgan fingerprint density at radius 3 is 1.24 bits per heavy atom. The van der Waals surface area contributed by atoms with Gasteiger partial charge in [0.05, 0.1) is 11.1 Å². The van der Waals surface area contributed by atoms with Gasteiger partial charge in [0, 0.05) is 61.3 Å². The van der Waals surface area contributed by atoms with Crippen LogP contribution < -0.4 is 0 Å². The molecule has 4 amide bonds. The van der Waals surface area contributed by atoms with E-state index in [2.05, 4.69) is 0 Å². The first-order chi connectivity index (χ1) is 23.5. The number of unbranched alkanes of at least 4 members (excludes halogenated alkanes) is 2. The minimum absolute atomic E-state index is 0.0122. The quantitative estimate of drug-likeness (QED) is 0.0702. The highest BCUT2D eigenvalue weighted by atomic mass is 19.4. The van der Waals surface area contributed by atoms with E-state index in [1.54, 1.807) is 13.8 Å². The van der Waals surface area contributed by atoms with Crippen molar-refractivity contribution in [1.29, 1.82) is 0 Å². The van der Waals surface area contributed by atoms with Crippen LogP contribution >= 0.6 is 0 Å². The van der Waals surface area contributed by atoms with Crippen molar-refractivity contribution in [1.82, 2.24) is 9.80 Å². The highest BCUT2D eigenvalue weighted by Gasteiger charge is 2.45. The van der Waals surface area contributed by atoms with Gasteiger partial charge in [-0.3, -0.25) is 29.0 Å². The zero-order chi connectivity index (χ0) is 36.2. The molecule has 0 aromatic heterocycles. The predicted molar refractivity (Wildman–Crippen MR) is 177 cm³/mol. The molecule has 0 saturated heterocycles. The molecule has 5 aromatic rings. The Kier molecular flexibility index (Phi) is 7.69. The van der Waals surface area contributed by atoms with Crippen LogP contribution in [0.3, 0.4) is 0 Å². The molecule has 2 aliphatic heterocycles. The number of imide groups is 2. The average molecular weight is 695 g/mol. The van der Waals surface area contributed by atoms with Crippen LogP contribution in [0.2, 0.25) is 0 Å². The summed E-state index contributed by atoms with van der Waals surface area (Å²) in [7, 11) is 0. The number of amides is 4. The summed E-state index contributed by atoms with van der Waals surface area (Å²) in [5, 5.41) is -2.50. The number of benzene rings is 5. The SMILES string of the molecule is CCCCC(C)N1C(=O)c2ccc3c4c(C(F)(F)F)cc5c6c(cc(C(F)(F)F)c(c7ccc(c2c37)C1=O)c64)C(=O)N(C(C)CCCC)C5=O. The van der Waals surface area contributed by atoms with E-state index in [0.29, 0.717) is 37.8 Å². The molecule has 0 radical (unpaired) electrons. The van der Waals surface area contributed by atoms with Gasteiger partial charge in [0.25, 0.3) is 23.6 Å². The predicted octanol–water partition coefficient (Wildman–Crippen LogP) is 10.1. The maximum Gasteiger partial charge on any atom is 0.417 e. The number of hydrogen-bond donors (Lipinski definition) is 0. The van der Waals surface area contributed by atoms with E-state index >= 15 is 26.3 Å². The molecule has 2 unspecified atom stereocenters. The molecule has 260 valence electrons. The summed E-state index contributed by atoms with van der Waals surface area (Å²) in [6.07, 6.45) is -6.68. The smallest absolute Gasteiger partial charge is 0.272 e. The monoisotopic (exact) mass is 694 g/mol. The summed E-state index contributed by atoms with van der Waals surface area (Å²) in [6, 6.07) is 5.08. The third-order valence-corrected chi connectivity index (χ3v) is 10.3. The zero-order valence-corrected chi connectivity index (χ0v) is 27.7. The summed E-state index contributed by atoms with van der Waals surface area (Å²) in [5.74, 6) is -3.41. The molecule has 12 heteroatoms. The van der Waals surface area contributed by atoms with E-state index in [1.165, 1.54) is 24.3 Å². The Morgan fingerprint density at radius 1 is 0.520 bits per heavy atom. The van der Waals surface area contributed by atoms with Crippen molar-refractivity contribution in [3.8, 4) is 0 Å². The number of nitrogens with zero attached hydrogens (tertiary/aromatic N) is 2. The third kappa shape index (κ3) is 4.62. The van der Waals surface area contributed by atoms with Crippen molar-refractivity contribution in [3.63, 3.8) is 0 Å². The van der Waals surface area contributed by atoms with Crippen LogP contribution in [0.1, 0.15) is 119 Å². The molecule has 0 spiro atoms. The van der Waals surface area contributed by atoms with Crippen molar-refractivity contribution in [2.75, 3.05) is 0 Å². The van der Waals surface area contributed by atoms with Crippen LogP contribution in [0.4, 0.5) is 26.3 Å². The molecule has 0 N–H and O–H groups in total. The molecule has 0 fully saturated rings. The Labute approximate surface area is 282 Å². The standard InChI is InChI=1S/C38H32F6N2O4/c1-5-7-9-17(3)45-33(47)21-13-11-19-27-20(12-14-22(28(21)27)34(45)48)31-26(38(42,43)44)16-24-29-23(15-25(37(39,40)41)30(19)32(29)31)35(49)46(36(24)50)18(4)10-8-6-2/h11-18H,5-10H2,1-4H3. The van der Waals surface area contributed by atoms with Gasteiger partial charge in [0.15, 0.2) is 0 Å². The first kappa shape index (κ1) is 33.7. The fourth-order valence-electron chi connectivity index (χ4n) is 8.01. The van der Waals surface area contributed by atoms with Crippen LogP contribution in [-0.2, 0) is 12.4 Å². The van der Waals surface area contributed by atoms with Gasteiger partial charge in [-0.1, -0.05) is 51.7 Å². The van der Waals surface area contributed by atoms with Gasteiger partial charge >= 0.3 is 12.4 Å². The maximum absolute atomic E-state index is 15.1. The van der Waals surface area contributed by atoms with Crippen molar-refractivity contribution < 1.29 is 45.5 Å². The van der Waals surface area contributed by atoms with Crippen LogP contribution in [0.15, 0.2) is 36.4 Å². The van der Waals surface area contributed by atoms with E-state index in [0.717, 1.165) is 22.6 Å². The zero-order valence-electron chi connectivity index (χ0n) is 27.7. The lowest BCUT2D eigenvalue weighted by atomic mass is 9.78. The van der Waals surface area contributed by atoms with Gasteiger partial charge < -0.3 is 0 Å². The van der Waals surface area contributed by atoms with Gasteiger partial charge in [-0.25, -0.2) is 0 Å². The molecule has 7 rings (SSSR count). The summed E-state index contributed by atoms with van der Waals surface area (Å²) in [6.45, 7) is 7.09. The van der Waals surface area contributed by atoms with Gasteiger partial charge in [0.1, 0.15) is 0 Å². The number of hydrogen-bond acceptors (Lipinski definition) is 4. The molecule has 2 heterocycles. The summed E-state index contributed by atoms with van der Waals surface area (Å²) < 4.78 is 90.9. The minimum Gasteiger partial charge on any atom is -0.272 e. The summed E-state index contributed by atoms with van der Waals surface area (Å²) in [5.41, 5.74) is -3.76. The molecule has 0 saturated carbocycles. The maximum atomic E-state index is 15.1. The number of alkyl halides is 6. The largest absolute Gasteiger partial charge is 0.417 e. The molecular weight excluding hydrogens is 662 g/mol. The van der Waals surface area contributed by atoms with Crippen molar-refractivity contribution in [2.24, 2.45) is 0 Å². The second-order valence-electron chi connectivity index (χ2n) is 13.5. The van der Waals surface area contributed by atoms with Gasteiger partial charge in [-0.15, -0.1) is 0 Å². The van der Waals surface area contributed by atoms with Crippen LogP contribution in [0.5, 0.6) is 0 Å². The molecular formula is C38H32F6N2O4. The second-order valence-corrected chi connectivity index (χ2v) is 13.5. The van der Waals surface area contributed by atoms with E-state index in [1.807, 2.05) is 13.8 Å². The van der Waals surface area contributed by atoms with E-state index in [-0.39, 0.29) is 38.1 Å². The number of rotatable bonds is 8. The Morgan fingerprint density at radius 2 is 0.880 bits per heavy atom. The first-order valence-corrected chi connectivity index (χ1v) is 16.7. The minimum atomic E-state index is -5.15. The number of carbonyl (C=O) groups is 4. The first-order valence-electron chi connectivity index (χ1n) is 16.7. The lowest BCUT2D eigenvalue weighted by molar-refractivity contribution is -0.136. The molecule has 6 nitrogen and oxygen atoms in total. The highest BCUT2D eigenvalue weighted by molar-refractivity contribution is 6.42. The lowest BCUT2D eigenvalue weighted by Crippen LogP contribution is -2.46. The Hall–Kier alpha value is -4.74. The van der Waals surface area contributed by atoms with Gasteiger partial charge in [-0.2, -0.15) is 26.3 Å².